The highest BCUT2D eigenvalue weighted by Crippen LogP contribution is 2.43. The number of aromatic nitrogens is 1. The summed E-state index contributed by atoms with van der Waals surface area (Å²) >= 11 is 0. The number of likely N-dealkylation sites (tertiary alicyclic amines) is 1. The van der Waals surface area contributed by atoms with E-state index in [9.17, 15) is 14.7 Å². The highest BCUT2D eigenvalue weighted by atomic mass is 16.7. The zero-order valence-corrected chi connectivity index (χ0v) is 17.5. The number of rotatable bonds is 6. The molecule has 2 N–H and O–H groups in total. The van der Waals surface area contributed by atoms with Gasteiger partial charge in [0.15, 0.2) is 11.5 Å². The van der Waals surface area contributed by atoms with Crippen molar-refractivity contribution in [2.24, 2.45) is 0 Å². The average Bonchev–Trinajstić information content (AvgIpc) is 3.51. The van der Waals surface area contributed by atoms with Gasteiger partial charge in [-0.2, -0.15) is 0 Å². The minimum absolute atomic E-state index is 0.0519. The minimum atomic E-state index is -0.728. The van der Waals surface area contributed by atoms with Crippen molar-refractivity contribution >= 4 is 28.4 Å². The van der Waals surface area contributed by atoms with Crippen LogP contribution in [-0.2, 0) is 14.3 Å². The van der Waals surface area contributed by atoms with Crippen molar-refractivity contribution in [1.29, 1.82) is 0 Å². The third-order valence-corrected chi connectivity index (χ3v) is 5.85. The number of carbonyl (C=O) groups is 2. The number of nitrogens with one attached hydrogen (secondary N) is 1. The van der Waals surface area contributed by atoms with Crippen LogP contribution in [0.5, 0.6) is 11.5 Å². The first-order valence-corrected chi connectivity index (χ1v) is 10.3. The number of benzene rings is 2. The number of aliphatic hydroxyl groups excluding tert-OH is 1. The Balaban J connectivity index is 1.66. The van der Waals surface area contributed by atoms with E-state index in [2.05, 4.69) is 4.98 Å². The number of aromatic amines is 1. The Morgan fingerprint density at radius 3 is 2.84 bits per heavy atom. The van der Waals surface area contributed by atoms with Gasteiger partial charge in [-0.25, -0.2) is 0 Å². The minimum Gasteiger partial charge on any atom is -0.507 e. The van der Waals surface area contributed by atoms with Gasteiger partial charge >= 0.3 is 0 Å². The fourth-order valence-corrected chi connectivity index (χ4v) is 4.33. The summed E-state index contributed by atoms with van der Waals surface area (Å²) in [6.07, 6.45) is 2.35. The fraction of sp³-hybridized carbons (Fsp3) is 0.250. The van der Waals surface area contributed by atoms with Crippen LogP contribution in [0.15, 0.2) is 54.2 Å². The van der Waals surface area contributed by atoms with Gasteiger partial charge in [0.25, 0.3) is 11.7 Å². The molecule has 1 amide bonds. The Bertz CT molecular complexity index is 1240. The molecule has 2 aliphatic heterocycles. The van der Waals surface area contributed by atoms with Gasteiger partial charge in [0.05, 0.1) is 11.6 Å². The molecule has 1 fully saturated rings. The first kappa shape index (κ1) is 20.1. The van der Waals surface area contributed by atoms with Crippen LogP contribution in [0.1, 0.15) is 23.6 Å². The summed E-state index contributed by atoms with van der Waals surface area (Å²) < 4.78 is 15.9. The molecule has 164 valence electrons. The molecule has 0 saturated carbocycles. The summed E-state index contributed by atoms with van der Waals surface area (Å²) in [5.74, 6) is -0.556. The molecule has 0 aliphatic carbocycles. The molecule has 0 radical (unpaired) electrons. The summed E-state index contributed by atoms with van der Waals surface area (Å²) in [6, 6.07) is 11.9. The Hall–Kier alpha value is -3.78. The third kappa shape index (κ3) is 3.20. The van der Waals surface area contributed by atoms with Gasteiger partial charge in [0.2, 0.25) is 6.79 Å². The third-order valence-electron chi connectivity index (χ3n) is 5.85. The zero-order chi connectivity index (χ0) is 22.2. The van der Waals surface area contributed by atoms with E-state index in [1.54, 1.807) is 31.5 Å². The number of amides is 1. The Morgan fingerprint density at radius 2 is 2.00 bits per heavy atom. The largest absolute Gasteiger partial charge is 0.507 e. The van der Waals surface area contributed by atoms with E-state index >= 15 is 0 Å². The molecule has 2 aliphatic rings. The van der Waals surface area contributed by atoms with Gasteiger partial charge in [-0.15, -0.1) is 0 Å². The molecule has 0 bridgehead atoms. The van der Waals surface area contributed by atoms with Crippen LogP contribution in [0.25, 0.3) is 16.7 Å². The van der Waals surface area contributed by atoms with Gasteiger partial charge in [-0.05, 0) is 30.7 Å². The maximum absolute atomic E-state index is 13.1. The summed E-state index contributed by atoms with van der Waals surface area (Å²) in [5.41, 5.74) is 2.07. The van der Waals surface area contributed by atoms with Crippen LogP contribution in [0.2, 0.25) is 0 Å². The number of ether oxygens (including phenoxy) is 3. The molecule has 2 aromatic carbocycles. The molecular weight excluding hydrogens is 412 g/mol. The predicted molar refractivity (Wildman–Crippen MR) is 116 cm³/mol. The first-order chi connectivity index (χ1) is 15.6. The Labute approximate surface area is 184 Å². The van der Waals surface area contributed by atoms with E-state index in [0.29, 0.717) is 36.6 Å². The lowest BCUT2D eigenvalue weighted by Crippen LogP contribution is -2.31. The second-order valence-corrected chi connectivity index (χ2v) is 7.70. The van der Waals surface area contributed by atoms with E-state index in [0.717, 1.165) is 16.5 Å². The van der Waals surface area contributed by atoms with Crippen molar-refractivity contribution in [3.05, 3.63) is 65.4 Å². The molecule has 1 aromatic heterocycles. The number of Topliss-reactive ketones (excluding diaryl/α,β-unsaturated/α-hetero) is 1. The maximum Gasteiger partial charge on any atom is 0.295 e. The molecule has 8 nitrogen and oxygen atoms in total. The van der Waals surface area contributed by atoms with Gasteiger partial charge in [0.1, 0.15) is 5.76 Å². The molecule has 32 heavy (non-hydrogen) atoms. The van der Waals surface area contributed by atoms with Gasteiger partial charge < -0.3 is 29.2 Å². The van der Waals surface area contributed by atoms with Crippen LogP contribution >= 0.6 is 0 Å². The smallest absolute Gasteiger partial charge is 0.295 e. The molecule has 3 heterocycles. The van der Waals surface area contributed by atoms with Crippen LogP contribution in [0.4, 0.5) is 0 Å². The number of methoxy groups -OCH3 is 1. The van der Waals surface area contributed by atoms with Crippen LogP contribution in [-0.4, -0.2) is 53.7 Å². The standard InChI is InChI=1S/C24H22N2O6/c1-30-10-4-9-26-21(16-12-25-17-6-3-2-5-15(16)17)20(23(28)24(26)29)22(27)14-7-8-18-19(11-14)32-13-31-18/h2-3,5-8,11-12,21,25,27H,4,9-10,13H2,1H3/b22-20+. The van der Waals surface area contributed by atoms with Crippen molar-refractivity contribution in [2.45, 2.75) is 12.5 Å². The van der Waals surface area contributed by atoms with E-state index in [1.807, 2.05) is 24.3 Å². The zero-order valence-electron chi connectivity index (χ0n) is 17.5. The van der Waals surface area contributed by atoms with Gasteiger partial charge in [0, 0.05) is 48.5 Å². The average molecular weight is 434 g/mol. The van der Waals surface area contributed by atoms with E-state index in [1.165, 1.54) is 4.90 Å². The van der Waals surface area contributed by atoms with Crippen LogP contribution < -0.4 is 9.47 Å². The SMILES string of the molecule is COCCCN1C(=O)C(=O)/C(=C(/O)c2ccc3c(c2)OCO3)C1c1c[nH]c2ccccc12. The number of nitrogens with zero attached hydrogens (tertiary/aromatic N) is 1. The molecule has 1 atom stereocenters. The van der Waals surface area contributed by atoms with Crippen molar-refractivity contribution in [1.82, 2.24) is 9.88 Å². The van der Waals surface area contributed by atoms with E-state index in [4.69, 9.17) is 14.2 Å². The molecule has 3 aromatic rings. The lowest BCUT2D eigenvalue weighted by atomic mass is 9.94. The number of hydrogen-bond acceptors (Lipinski definition) is 6. The van der Waals surface area contributed by atoms with Crippen molar-refractivity contribution in [3.8, 4) is 11.5 Å². The second kappa shape index (κ2) is 8.05. The number of H-pyrrole nitrogens is 1. The lowest BCUT2D eigenvalue weighted by molar-refractivity contribution is -0.140. The van der Waals surface area contributed by atoms with Crippen molar-refractivity contribution in [3.63, 3.8) is 0 Å². The fourth-order valence-electron chi connectivity index (χ4n) is 4.33. The highest BCUT2D eigenvalue weighted by molar-refractivity contribution is 6.46. The molecule has 8 heteroatoms. The molecular formula is C24H22N2O6. The van der Waals surface area contributed by atoms with Crippen molar-refractivity contribution in [2.75, 3.05) is 27.1 Å². The van der Waals surface area contributed by atoms with Crippen LogP contribution in [0, 0.1) is 0 Å². The lowest BCUT2D eigenvalue weighted by Gasteiger charge is -2.24. The maximum atomic E-state index is 13.1. The first-order valence-electron chi connectivity index (χ1n) is 10.3. The van der Waals surface area contributed by atoms with Gasteiger partial charge in [-0.1, -0.05) is 18.2 Å². The second-order valence-electron chi connectivity index (χ2n) is 7.70. The summed E-state index contributed by atoms with van der Waals surface area (Å²) in [6.45, 7) is 0.866. The topological polar surface area (TPSA) is 101 Å². The molecule has 1 unspecified atom stereocenters. The van der Waals surface area contributed by atoms with Crippen LogP contribution in [0.3, 0.4) is 0 Å². The Morgan fingerprint density at radius 1 is 1.19 bits per heavy atom. The summed E-state index contributed by atoms with van der Waals surface area (Å²) in [4.78, 5) is 30.9. The number of para-hydroxylation sites is 1. The summed E-state index contributed by atoms with van der Waals surface area (Å²) in [5, 5.41) is 12.1. The highest BCUT2D eigenvalue weighted by Gasteiger charge is 2.46. The number of fused-ring (bicyclic) bond motifs is 2. The number of hydrogen-bond donors (Lipinski definition) is 2. The Kier molecular flexibility index (Phi) is 5.07. The number of carbonyl (C=O) groups excluding carboxylic acids is 2. The van der Waals surface area contributed by atoms with E-state index in [-0.39, 0.29) is 18.1 Å². The monoisotopic (exact) mass is 434 g/mol. The van der Waals surface area contributed by atoms with Gasteiger partial charge in [-0.3, -0.25) is 9.59 Å². The molecule has 1 saturated heterocycles. The normalized spacial score (nSPS) is 19.3. The van der Waals surface area contributed by atoms with Crippen molar-refractivity contribution < 1.29 is 28.9 Å². The number of aliphatic hydroxyl groups is 1. The summed E-state index contributed by atoms with van der Waals surface area (Å²) in [7, 11) is 1.59. The molecule has 0 spiro atoms. The predicted octanol–water partition coefficient (Wildman–Crippen LogP) is 3.35. The number of ketones is 1. The molecule has 5 rings (SSSR count). The quantitative estimate of drug-likeness (QED) is 0.267. The van der Waals surface area contributed by atoms with E-state index < -0.39 is 17.7 Å².